The van der Waals surface area contributed by atoms with E-state index in [0.717, 1.165) is 6.07 Å². The number of hydrogen-bond acceptors (Lipinski definition) is 4. The molecule has 1 amide bonds. The summed E-state index contributed by atoms with van der Waals surface area (Å²) in [5.41, 5.74) is 0.0159. The SMILES string of the molecule is O=C1OC(CCl)CN1S(=O)(=O)Nc1cccc(F)c1. The number of nitrogens with one attached hydrogen (secondary N) is 1. The monoisotopic (exact) mass is 308 g/mol. The summed E-state index contributed by atoms with van der Waals surface area (Å²) >= 11 is 5.50. The first-order valence-electron chi connectivity index (χ1n) is 5.25. The number of carbonyl (C=O) groups excluding carboxylic acids is 1. The van der Waals surface area contributed by atoms with Gasteiger partial charge in [0.2, 0.25) is 0 Å². The molecule has 1 unspecified atom stereocenters. The van der Waals surface area contributed by atoms with E-state index in [1.165, 1.54) is 18.2 Å². The van der Waals surface area contributed by atoms with Crippen LogP contribution in [-0.4, -0.2) is 37.3 Å². The van der Waals surface area contributed by atoms with E-state index in [1.54, 1.807) is 0 Å². The normalized spacial score (nSPS) is 19.4. The summed E-state index contributed by atoms with van der Waals surface area (Å²) in [6.07, 6.45) is -1.69. The highest BCUT2D eigenvalue weighted by Crippen LogP contribution is 2.19. The summed E-state index contributed by atoms with van der Waals surface area (Å²) in [7, 11) is -4.14. The summed E-state index contributed by atoms with van der Waals surface area (Å²) in [5.74, 6) is -0.597. The fourth-order valence-electron chi connectivity index (χ4n) is 1.53. The molecule has 0 radical (unpaired) electrons. The molecule has 0 aliphatic carbocycles. The van der Waals surface area contributed by atoms with Gasteiger partial charge in [-0.25, -0.2) is 9.18 Å². The third-order valence-electron chi connectivity index (χ3n) is 2.37. The van der Waals surface area contributed by atoms with Crippen LogP contribution in [0.1, 0.15) is 0 Å². The van der Waals surface area contributed by atoms with Crippen LogP contribution in [0.3, 0.4) is 0 Å². The lowest BCUT2D eigenvalue weighted by molar-refractivity contribution is 0.145. The largest absolute Gasteiger partial charge is 0.442 e. The van der Waals surface area contributed by atoms with Crippen LogP contribution in [-0.2, 0) is 14.9 Å². The Bertz CT molecular complexity index is 595. The average Bonchev–Trinajstić information content (AvgIpc) is 2.71. The fraction of sp³-hybridized carbons (Fsp3) is 0.300. The number of halogens is 2. The summed E-state index contributed by atoms with van der Waals surface area (Å²) < 4.78 is 44.2. The summed E-state index contributed by atoms with van der Waals surface area (Å²) in [6.45, 7) is -0.174. The Kier molecular flexibility index (Phi) is 3.81. The molecule has 104 valence electrons. The van der Waals surface area contributed by atoms with Crippen LogP contribution >= 0.6 is 11.6 Å². The highest BCUT2D eigenvalue weighted by atomic mass is 35.5. The first-order valence-corrected chi connectivity index (χ1v) is 7.22. The molecule has 1 N–H and O–H groups in total. The number of benzene rings is 1. The van der Waals surface area contributed by atoms with Gasteiger partial charge in [-0.15, -0.1) is 11.6 Å². The molecular formula is C10H10ClFN2O4S. The van der Waals surface area contributed by atoms with Crippen LogP contribution in [0.2, 0.25) is 0 Å². The number of carbonyl (C=O) groups is 1. The highest BCUT2D eigenvalue weighted by Gasteiger charge is 2.39. The lowest BCUT2D eigenvalue weighted by atomic mass is 10.3. The van der Waals surface area contributed by atoms with Gasteiger partial charge < -0.3 is 4.74 Å². The van der Waals surface area contributed by atoms with E-state index >= 15 is 0 Å². The van der Waals surface area contributed by atoms with Crippen molar-refractivity contribution in [1.82, 2.24) is 4.31 Å². The lowest BCUT2D eigenvalue weighted by Crippen LogP contribution is -2.37. The number of hydrogen-bond donors (Lipinski definition) is 1. The van der Waals surface area contributed by atoms with Gasteiger partial charge in [-0.1, -0.05) is 6.07 Å². The molecule has 0 spiro atoms. The van der Waals surface area contributed by atoms with Gasteiger partial charge in [0.05, 0.1) is 18.1 Å². The highest BCUT2D eigenvalue weighted by molar-refractivity contribution is 7.90. The predicted octanol–water partition coefficient (Wildman–Crippen LogP) is 1.54. The molecule has 1 atom stereocenters. The van der Waals surface area contributed by atoms with Gasteiger partial charge in [0.25, 0.3) is 0 Å². The molecule has 0 bridgehead atoms. The van der Waals surface area contributed by atoms with E-state index in [-0.39, 0.29) is 18.1 Å². The maximum Gasteiger partial charge on any atom is 0.425 e. The molecule has 1 heterocycles. The number of cyclic esters (lactones) is 1. The van der Waals surface area contributed by atoms with E-state index in [0.29, 0.717) is 4.31 Å². The number of rotatable bonds is 4. The van der Waals surface area contributed by atoms with E-state index in [9.17, 15) is 17.6 Å². The van der Waals surface area contributed by atoms with Crippen LogP contribution in [0.5, 0.6) is 0 Å². The number of ether oxygens (including phenoxy) is 1. The van der Waals surface area contributed by atoms with Gasteiger partial charge in [-0.2, -0.15) is 12.7 Å². The molecule has 1 fully saturated rings. The molecule has 1 aliphatic heterocycles. The van der Waals surface area contributed by atoms with Crippen LogP contribution in [0.15, 0.2) is 24.3 Å². The van der Waals surface area contributed by atoms with Gasteiger partial charge in [0, 0.05) is 0 Å². The topological polar surface area (TPSA) is 75.7 Å². The van der Waals surface area contributed by atoms with Crippen molar-refractivity contribution in [3.8, 4) is 0 Å². The number of nitrogens with zero attached hydrogens (tertiary/aromatic N) is 1. The van der Waals surface area contributed by atoms with Crippen molar-refractivity contribution in [2.45, 2.75) is 6.10 Å². The van der Waals surface area contributed by atoms with Crippen LogP contribution in [0, 0.1) is 5.82 Å². The van der Waals surface area contributed by atoms with Gasteiger partial charge >= 0.3 is 16.3 Å². The second-order valence-corrected chi connectivity index (χ2v) is 5.71. The van der Waals surface area contributed by atoms with Crippen molar-refractivity contribution in [2.24, 2.45) is 0 Å². The quantitative estimate of drug-likeness (QED) is 0.856. The van der Waals surface area contributed by atoms with Gasteiger partial charge in [-0.3, -0.25) is 4.72 Å². The molecule has 9 heteroatoms. The Balaban J connectivity index is 2.17. The molecule has 1 aromatic rings. The Morgan fingerprint density at radius 3 is 2.84 bits per heavy atom. The van der Waals surface area contributed by atoms with E-state index in [4.69, 9.17) is 16.3 Å². The van der Waals surface area contributed by atoms with E-state index in [1.807, 2.05) is 0 Å². The molecule has 0 saturated carbocycles. The first kappa shape index (κ1) is 13.9. The van der Waals surface area contributed by atoms with E-state index < -0.39 is 28.2 Å². The third-order valence-corrected chi connectivity index (χ3v) is 4.09. The van der Waals surface area contributed by atoms with Gasteiger partial charge in [0.1, 0.15) is 11.9 Å². The molecule has 0 aromatic heterocycles. The Morgan fingerprint density at radius 2 is 2.26 bits per heavy atom. The zero-order valence-corrected chi connectivity index (χ0v) is 11.1. The Morgan fingerprint density at radius 1 is 1.53 bits per heavy atom. The van der Waals surface area contributed by atoms with Crippen molar-refractivity contribution in [3.63, 3.8) is 0 Å². The molecule has 19 heavy (non-hydrogen) atoms. The number of alkyl halides is 1. The smallest absolute Gasteiger partial charge is 0.425 e. The minimum Gasteiger partial charge on any atom is -0.442 e. The van der Waals surface area contributed by atoms with Gasteiger partial charge in [-0.05, 0) is 18.2 Å². The molecule has 6 nitrogen and oxygen atoms in total. The summed E-state index contributed by atoms with van der Waals surface area (Å²) in [4.78, 5) is 11.4. The Hall–Kier alpha value is -1.54. The van der Waals surface area contributed by atoms with Crippen molar-refractivity contribution < 1.29 is 22.3 Å². The standard InChI is InChI=1S/C10H10ClFN2O4S/c11-5-9-6-14(10(15)18-9)19(16,17)13-8-3-1-2-7(12)4-8/h1-4,9,13H,5-6H2. The van der Waals surface area contributed by atoms with Crippen molar-refractivity contribution in [3.05, 3.63) is 30.1 Å². The third kappa shape index (κ3) is 3.07. The van der Waals surface area contributed by atoms with Crippen molar-refractivity contribution in [1.29, 1.82) is 0 Å². The zero-order valence-electron chi connectivity index (χ0n) is 9.55. The van der Waals surface area contributed by atoms with Crippen LogP contribution < -0.4 is 4.72 Å². The van der Waals surface area contributed by atoms with Gasteiger partial charge in [0.15, 0.2) is 0 Å². The minimum atomic E-state index is -4.14. The average molecular weight is 309 g/mol. The minimum absolute atomic E-state index is 0.00226. The van der Waals surface area contributed by atoms with Crippen LogP contribution in [0.25, 0.3) is 0 Å². The maximum atomic E-state index is 13.0. The van der Waals surface area contributed by atoms with Crippen molar-refractivity contribution >= 4 is 33.6 Å². The second kappa shape index (κ2) is 5.22. The lowest BCUT2D eigenvalue weighted by Gasteiger charge is -2.15. The fourth-order valence-corrected chi connectivity index (χ4v) is 2.83. The van der Waals surface area contributed by atoms with Crippen LogP contribution in [0.4, 0.5) is 14.9 Å². The predicted molar refractivity (Wildman–Crippen MR) is 66.6 cm³/mol. The molecular weight excluding hydrogens is 299 g/mol. The molecule has 1 aliphatic rings. The maximum absolute atomic E-state index is 13.0. The molecule has 1 saturated heterocycles. The number of anilines is 1. The second-order valence-electron chi connectivity index (χ2n) is 3.81. The zero-order chi connectivity index (χ0) is 14.0. The summed E-state index contributed by atoms with van der Waals surface area (Å²) in [5, 5.41) is 0. The van der Waals surface area contributed by atoms with E-state index in [2.05, 4.69) is 4.72 Å². The van der Waals surface area contributed by atoms with Crippen molar-refractivity contribution in [2.75, 3.05) is 17.1 Å². The molecule has 2 rings (SSSR count). The Labute approximate surface area is 114 Å². The number of amides is 1. The summed E-state index contributed by atoms with van der Waals surface area (Å²) in [6, 6.07) is 4.88. The first-order chi connectivity index (χ1) is 8.92. The molecule has 1 aromatic carbocycles.